The van der Waals surface area contributed by atoms with Crippen molar-refractivity contribution in [3.05, 3.63) is 95.7 Å². The van der Waals surface area contributed by atoms with Crippen molar-refractivity contribution in [3.8, 4) is 11.5 Å². The minimum absolute atomic E-state index is 0.0240. The fourth-order valence-corrected chi connectivity index (χ4v) is 4.94. The summed E-state index contributed by atoms with van der Waals surface area (Å²) in [5, 5.41) is 15.6. The van der Waals surface area contributed by atoms with Crippen LogP contribution in [0.5, 0.6) is 11.5 Å². The average molecular weight is 619 g/mol. The first-order chi connectivity index (χ1) is 16.8. The minimum Gasteiger partial charge on any atom is -0.493 e. The van der Waals surface area contributed by atoms with Crippen molar-refractivity contribution in [1.82, 2.24) is 5.43 Å². The number of nitrogens with one attached hydrogen (secondary N) is 1. The van der Waals surface area contributed by atoms with E-state index < -0.39 is 10.8 Å². The lowest BCUT2D eigenvalue weighted by Gasteiger charge is -2.13. The summed E-state index contributed by atoms with van der Waals surface area (Å²) in [5.74, 6) is 0.650. The summed E-state index contributed by atoms with van der Waals surface area (Å²) in [5.41, 5.74) is 4.14. The molecule has 8 nitrogen and oxygen atoms in total. The predicted molar refractivity (Wildman–Crippen MR) is 143 cm³/mol. The highest BCUT2D eigenvalue weighted by molar-refractivity contribution is 9.10. The van der Waals surface area contributed by atoms with Crippen LogP contribution in [0.4, 0.5) is 5.69 Å². The summed E-state index contributed by atoms with van der Waals surface area (Å²) in [4.78, 5) is 23.4. The highest BCUT2D eigenvalue weighted by Crippen LogP contribution is 2.37. The number of thiophene rings is 1. The summed E-state index contributed by atoms with van der Waals surface area (Å²) in [7, 11) is 1.54. The average Bonchev–Trinajstić information content (AvgIpc) is 3.27. The van der Waals surface area contributed by atoms with E-state index in [0.29, 0.717) is 38.4 Å². The Balaban J connectivity index is 1.44. The van der Waals surface area contributed by atoms with E-state index in [2.05, 4.69) is 42.4 Å². The quantitative estimate of drug-likeness (QED) is 0.135. The monoisotopic (exact) mass is 617 g/mol. The summed E-state index contributed by atoms with van der Waals surface area (Å²) < 4.78 is 13.9. The molecule has 4 aromatic rings. The van der Waals surface area contributed by atoms with Gasteiger partial charge in [-0.2, -0.15) is 5.10 Å². The Morgan fingerprint density at radius 1 is 1.14 bits per heavy atom. The Morgan fingerprint density at radius 2 is 1.91 bits per heavy atom. The van der Waals surface area contributed by atoms with Crippen LogP contribution in [0.3, 0.4) is 0 Å². The van der Waals surface area contributed by atoms with Crippen molar-refractivity contribution in [2.45, 2.75) is 6.61 Å². The number of carbonyl (C=O) groups excluding carboxylic acids is 1. The van der Waals surface area contributed by atoms with Crippen LogP contribution in [-0.2, 0) is 6.61 Å². The predicted octanol–water partition coefficient (Wildman–Crippen LogP) is 6.69. The summed E-state index contributed by atoms with van der Waals surface area (Å²) >= 11 is 8.15. The Kier molecular flexibility index (Phi) is 7.79. The Labute approximate surface area is 221 Å². The molecule has 0 atom stereocenters. The molecule has 4 rings (SSSR count). The minimum atomic E-state index is -0.468. The van der Waals surface area contributed by atoms with Gasteiger partial charge in [0.25, 0.3) is 11.6 Å². The maximum Gasteiger partial charge on any atom is 0.281 e. The van der Waals surface area contributed by atoms with Gasteiger partial charge >= 0.3 is 0 Å². The molecule has 0 unspecified atom stereocenters. The number of rotatable bonds is 8. The number of amides is 1. The third kappa shape index (κ3) is 6.05. The van der Waals surface area contributed by atoms with E-state index in [9.17, 15) is 14.9 Å². The number of nitrogens with zero attached hydrogens (tertiary/aromatic N) is 2. The lowest BCUT2D eigenvalue weighted by Crippen LogP contribution is -2.16. The van der Waals surface area contributed by atoms with Crippen LogP contribution in [0.2, 0.25) is 0 Å². The van der Waals surface area contributed by atoms with E-state index in [0.717, 1.165) is 14.7 Å². The number of nitro benzene ring substituents is 1. The van der Waals surface area contributed by atoms with Gasteiger partial charge in [-0.15, -0.1) is 11.3 Å². The van der Waals surface area contributed by atoms with Gasteiger partial charge in [-0.3, -0.25) is 14.9 Å². The number of hydrogen-bond acceptors (Lipinski definition) is 7. The van der Waals surface area contributed by atoms with Crippen LogP contribution in [0.15, 0.2) is 74.7 Å². The van der Waals surface area contributed by atoms with Crippen molar-refractivity contribution in [2.75, 3.05) is 7.11 Å². The first kappa shape index (κ1) is 24.8. The van der Waals surface area contributed by atoms with Gasteiger partial charge in [0.05, 0.1) is 27.6 Å². The molecule has 0 aliphatic rings. The number of halogens is 2. The highest BCUT2D eigenvalue weighted by atomic mass is 79.9. The smallest absolute Gasteiger partial charge is 0.281 e. The van der Waals surface area contributed by atoms with Crippen molar-refractivity contribution >= 4 is 71.1 Å². The molecule has 1 N–H and O–H groups in total. The molecular formula is C24H17Br2N3O5S. The second-order valence-electron chi connectivity index (χ2n) is 7.24. The van der Waals surface area contributed by atoms with Crippen LogP contribution < -0.4 is 14.9 Å². The topological polar surface area (TPSA) is 103 Å². The third-order valence-corrected chi connectivity index (χ3v) is 7.09. The van der Waals surface area contributed by atoms with Crippen molar-refractivity contribution in [3.63, 3.8) is 0 Å². The lowest BCUT2D eigenvalue weighted by atomic mass is 10.2. The van der Waals surface area contributed by atoms with Gasteiger partial charge < -0.3 is 9.47 Å². The molecule has 178 valence electrons. The first-order valence-corrected chi connectivity index (χ1v) is 12.5. The number of fused-ring (bicyclic) bond motifs is 1. The first-order valence-electron chi connectivity index (χ1n) is 10.1. The SMILES string of the molecule is COc1cc(/C=N\NC(=O)c2cc3cc([N+](=O)[O-])ccc3s2)cc(Br)c1OCc1ccc(Br)cc1. The molecule has 0 aliphatic heterocycles. The maximum absolute atomic E-state index is 12.5. The second kappa shape index (κ2) is 11.0. The number of methoxy groups -OCH3 is 1. The number of ether oxygens (including phenoxy) is 2. The molecule has 0 radical (unpaired) electrons. The van der Waals surface area contributed by atoms with E-state index >= 15 is 0 Å². The van der Waals surface area contributed by atoms with E-state index in [1.54, 1.807) is 31.4 Å². The van der Waals surface area contributed by atoms with Gasteiger partial charge in [0, 0.05) is 26.7 Å². The van der Waals surface area contributed by atoms with Gasteiger partial charge in [0.15, 0.2) is 11.5 Å². The van der Waals surface area contributed by atoms with E-state index in [1.807, 2.05) is 24.3 Å². The second-order valence-corrected chi connectivity index (χ2v) is 10.1. The highest BCUT2D eigenvalue weighted by Gasteiger charge is 2.14. The molecule has 35 heavy (non-hydrogen) atoms. The van der Waals surface area contributed by atoms with E-state index in [4.69, 9.17) is 9.47 Å². The van der Waals surface area contributed by atoms with Gasteiger partial charge in [0.2, 0.25) is 0 Å². The number of hydrogen-bond donors (Lipinski definition) is 1. The molecule has 1 heterocycles. The van der Waals surface area contributed by atoms with Crippen LogP contribution in [0.25, 0.3) is 10.1 Å². The molecule has 0 spiro atoms. The zero-order chi connectivity index (χ0) is 24.9. The fourth-order valence-electron chi connectivity index (χ4n) is 3.17. The Hall–Kier alpha value is -3.28. The molecule has 0 aliphatic carbocycles. The van der Waals surface area contributed by atoms with Crippen LogP contribution in [0, 0.1) is 10.1 Å². The van der Waals surface area contributed by atoms with Crippen molar-refractivity contribution in [1.29, 1.82) is 0 Å². The fraction of sp³-hybridized carbons (Fsp3) is 0.0833. The number of non-ortho nitro benzene ring substituents is 1. The summed E-state index contributed by atoms with van der Waals surface area (Å²) in [6.07, 6.45) is 1.49. The van der Waals surface area contributed by atoms with Gasteiger partial charge in [-0.1, -0.05) is 28.1 Å². The number of carbonyl (C=O) groups is 1. The molecule has 0 saturated carbocycles. The molecule has 11 heteroatoms. The summed E-state index contributed by atoms with van der Waals surface area (Å²) in [6.45, 7) is 0.365. The van der Waals surface area contributed by atoms with E-state index in [1.165, 1.54) is 29.7 Å². The molecule has 0 bridgehead atoms. The van der Waals surface area contributed by atoms with Crippen molar-refractivity contribution < 1.29 is 19.2 Å². The normalized spacial score (nSPS) is 11.1. The number of benzene rings is 3. The van der Waals surface area contributed by atoms with Crippen LogP contribution in [0.1, 0.15) is 20.8 Å². The van der Waals surface area contributed by atoms with Crippen molar-refractivity contribution in [2.24, 2.45) is 5.10 Å². The van der Waals surface area contributed by atoms with E-state index in [-0.39, 0.29) is 5.69 Å². The lowest BCUT2D eigenvalue weighted by molar-refractivity contribution is -0.384. The molecule has 3 aromatic carbocycles. The Morgan fingerprint density at radius 3 is 2.63 bits per heavy atom. The van der Waals surface area contributed by atoms with Gasteiger partial charge in [-0.25, -0.2) is 5.43 Å². The zero-order valence-corrected chi connectivity index (χ0v) is 22.1. The molecule has 1 aromatic heterocycles. The van der Waals surface area contributed by atoms with Gasteiger partial charge in [0.1, 0.15) is 6.61 Å². The standard InChI is InChI=1S/C24H17Br2N3O5S/c1-33-20-9-15(8-19(26)23(20)34-13-14-2-4-17(25)5-3-14)12-27-28-24(30)22-11-16-10-18(29(31)32)6-7-21(16)35-22/h2-12H,13H2,1H3,(H,28,30)/b27-12-. The zero-order valence-electron chi connectivity index (χ0n) is 18.2. The number of hydrazone groups is 1. The largest absolute Gasteiger partial charge is 0.493 e. The maximum atomic E-state index is 12.5. The number of nitro groups is 1. The molecule has 1 amide bonds. The van der Waals surface area contributed by atoms with Gasteiger partial charge in [-0.05, 0) is 63.5 Å². The molecular weight excluding hydrogens is 602 g/mol. The van der Waals surface area contributed by atoms with Crippen LogP contribution >= 0.6 is 43.2 Å². The Bertz CT molecular complexity index is 1440. The van der Waals surface area contributed by atoms with Crippen LogP contribution in [-0.4, -0.2) is 24.2 Å². The summed E-state index contributed by atoms with van der Waals surface area (Å²) in [6, 6.07) is 17.5. The molecule has 0 fully saturated rings. The third-order valence-electron chi connectivity index (χ3n) is 4.86. The molecule has 0 saturated heterocycles.